The van der Waals surface area contributed by atoms with Gasteiger partial charge in [-0.25, -0.2) is 0 Å². The summed E-state index contributed by atoms with van der Waals surface area (Å²) in [6.45, 7) is 8.62. The zero-order chi connectivity index (χ0) is 13.8. The maximum Gasteiger partial charge on any atom is 0.272 e. The quantitative estimate of drug-likeness (QED) is 0.883. The number of hydrogen-bond acceptors (Lipinski definition) is 4. The van der Waals surface area contributed by atoms with E-state index in [1.165, 1.54) is 5.92 Å². The Hall–Kier alpha value is -1.62. The molecule has 19 heavy (non-hydrogen) atoms. The summed E-state index contributed by atoms with van der Waals surface area (Å²) in [5, 5.41) is 0. The van der Waals surface area contributed by atoms with Crippen molar-refractivity contribution >= 4 is 11.6 Å². The van der Waals surface area contributed by atoms with Crippen molar-refractivity contribution < 1.29 is 4.79 Å². The van der Waals surface area contributed by atoms with Gasteiger partial charge in [-0.2, -0.15) is 0 Å². The number of rotatable bonds is 3. The van der Waals surface area contributed by atoms with Crippen molar-refractivity contribution in [1.29, 1.82) is 0 Å². The Kier molecular flexibility index (Phi) is 4.37. The minimum atomic E-state index is -0.0239. The predicted molar refractivity (Wildman–Crippen MR) is 75.6 cm³/mol. The molecule has 2 N–H and O–H groups in total. The summed E-state index contributed by atoms with van der Waals surface area (Å²) in [4.78, 5) is 20.6. The van der Waals surface area contributed by atoms with E-state index in [2.05, 4.69) is 23.7 Å². The lowest BCUT2D eigenvalue weighted by molar-refractivity contribution is 0.0637. The van der Waals surface area contributed by atoms with E-state index in [1.807, 2.05) is 4.90 Å². The topological polar surface area (TPSA) is 62.5 Å². The van der Waals surface area contributed by atoms with E-state index in [-0.39, 0.29) is 5.91 Å². The summed E-state index contributed by atoms with van der Waals surface area (Å²) in [5.41, 5.74) is 6.69. The highest BCUT2D eigenvalue weighted by molar-refractivity contribution is 5.93. The molecule has 0 bridgehead atoms. The fourth-order valence-corrected chi connectivity index (χ4v) is 2.28. The standard InChI is InChI=1S/C14H21N4O/c1-11(2)10-17-5-7-18(8-6-17)14(19)13-9-12(15)3-4-16-13/h3-4,9H,5-8,10H2,1-2H3,(H2,15,16). The number of hydrogen-bond donors (Lipinski definition) is 1. The molecule has 1 aromatic rings. The Bertz CT molecular complexity index is 439. The normalized spacial score (nSPS) is 16.9. The third-order valence-electron chi connectivity index (χ3n) is 3.20. The number of piperazine rings is 1. The molecule has 0 aromatic carbocycles. The molecule has 0 spiro atoms. The van der Waals surface area contributed by atoms with Crippen LogP contribution in [0.3, 0.4) is 0 Å². The van der Waals surface area contributed by atoms with Gasteiger partial charge in [0, 0.05) is 44.6 Å². The number of carbonyl (C=O) groups is 1. The van der Waals surface area contributed by atoms with Gasteiger partial charge in [0.25, 0.3) is 5.91 Å². The number of amides is 1. The summed E-state index contributed by atoms with van der Waals surface area (Å²) in [6.07, 6.45) is 1.58. The number of nitrogens with zero attached hydrogens (tertiary/aromatic N) is 3. The SMILES string of the molecule is C[C](C)CN1CCN(C(=O)c2cc(N)ccn2)CC1. The van der Waals surface area contributed by atoms with Crippen molar-refractivity contribution in [3.05, 3.63) is 29.9 Å². The van der Waals surface area contributed by atoms with Gasteiger partial charge < -0.3 is 10.6 Å². The van der Waals surface area contributed by atoms with Crippen LogP contribution in [0.4, 0.5) is 5.69 Å². The third-order valence-corrected chi connectivity index (χ3v) is 3.20. The number of anilines is 1. The Morgan fingerprint density at radius 2 is 2.00 bits per heavy atom. The Labute approximate surface area is 114 Å². The second-order valence-electron chi connectivity index (χ2n) is 5.25. The Morgan fingerprint density at radius 3 is 2.58 bits per heavy atom. The summed E-state index contributed by atoms with van der Waals surface area (Å²) < 4.78 is 0. The van der Waals surface area contributed by atoms with Crippen LogP contribution in [0, 0.1) is 5.92 Å². The number of aromatic nitrogens is 1. The lowest BCUT2D eigenvalue weighted by atomic mass is 10.2. The third kappa shape index (κ3) is 3.67. The van der Waals surface area contributed by atoms with Crippen LogP contribution in [0.25, 0.3) is 0 Å². The smallest absolute Gasteiger partial charge is 0.272 e. The van der Waals surface area contributed by atoms with Gasteiger partial charge >= 0.3 is 0 Å². The fraction of sp³-hybridized carbons (Fsp3) is 0.500. The highest BCUT2D eigenvalue weighted by Crippen LogP contribution is 2.11. The summed E-state index contributed by atoms with van der Waals surface area (Å²) in [6, 6.07) is 3.33. The number of pyridine rings is 1. The van der Waals surface area contributed by atoms with Gasteiger partial charge in [0.2, 0.25) is 0 Å². The molecule has 103 valence electrons. The number of nitrogen functional groups attached to an aromatic ring is 1. The molecule has 0 saturated carbocycles. The summed E-state index contributed by atoms with van der Waals surface area (Å²) >= 11 is 0. The minimum absolute atomic E-state index is 0.0239. The van der Waals surface area contributed by atoms with E-state index in [9.17, 15) is 4.79 Å². The molecule has 2 rings (SSSR count). The average molecular weight is 261 g/mol. The van der Waals surface area contributed by atoms with Crippen molar-refractivity contribution in [3.8, 4) is 0 Å². The van der Waals surface area contributed by atoms with Crippen LogP contribution in [-0.4, -0.2) is 53.4 Å². The zero-order valence-electron chi connectivity index (χ0n) is 11.6. The van der Waals surface area contributed by atoms with Gasteiger partial charge in [0.15, 0.2) is 0 Å². The van der Waals surface area contributed by atoms with Crippen molar-refractivity contribution in [2.24, 2.45) is 0 Å². The van der Waals surface area contributed by atoms with Crippen molar-refractivity contribution in [1.82, 2.24) is 14.8 Å². The largest absolute Gasteiger partial charge is 0.399 e. The lowest BCUT2D eigenvalue weighted by Gasteiger charge is -2.35. The van der Waals surface area contributed by atoms with Crippen LogP contribution in [0.15, 0.2) is 18.3 Å². The second kappa shape index (κ2) is 6.02. The van der Waals surface area contributed by atoms with Gasteiger partial charge in [-0.3, -0.25) is 14.7 Å². The van der Waals surface area contributed by atoms with Gasteiger partial charge in [-0.05, 0) is 18.1 Å². The van der Waals surface area contributed by atoms with Gasteiger partial charge in [0.05, 0.1) is 0 Å². The van der Waals surface area contributed by atoms with Gasteiger partial charge in [0.1, 0.15) is 5.69 Å². The first-order chi connectivity index (χ1) is 9.06. The molecule has 0 aliphatic carbocycles. The molecule has 1 saturated heterocycles. The highest BCUT2D eigenvalue weighted by atomic mass is 16.2. The number of nitrogens with two attached hydrogens (primary N) is 1. The molecule has 5 heteroatoms. The minimum Gasteiger partial charge on any atom is -0.399 e. The maximum absolute atomic E-state index is 12.3. The predicted octanol–water partition coefficient (Wildman–Crippen LogP) is 1.04. The van der Waals surface area contributed by atoms with Crippen molar-refractivity contribution in [2.45, 2.75) is 13.8 Å². The Morgan fingerprint density at radius 1 is 1.32 bits per heavy atom. The van der Waals surface area contributed by atoms with E-state index in [1.54, 1.807) is 18.3 Å². The molecule has 1 aliphatic heterocycles. The number of carbonyl (C=O) groups excluding carboxylic acids is 1. The zero-order valence-corrected chi connectivity index (χ0v) is 11.6. The van der Waals surface area contributed by atoms with Crippen LogP contribution in [0.2, 0.25) is 0 Å². The van der Waals surface area contributed by atoms with Crippen LogP contribution < -0.4 is 5.73 Å². The van der Waals surface area contributed by atoms with Crippen LogP contribution in [-0.2, 0) is 0 Å². The van der Waals surface area contributed by atoms with E-state index < -0.39 is 0 Å². The molecule has 1 amide bonds. The van der Waals surface area contributed by atoms with E-state index in [0.29, 0.717) is 11.4 Å². The first kappa shape index (κ1) is 13.8. The van der Waals surface area contributed by atoms with Crippen LogP contribution >= 0.6 is 0 Å². The molecular formula is C14H21N4O. The Balaban J connectivity index is 1.92. The molecule has 0 unspecified atom stereocenters. The van der Waals surface area contributed by atoms with E-state index in [0.717, 1.165) is 32.7 Å². The summed E-state index contributed by atoms with van der Waals surface area (Å²) in [5.74, 6) is 1.38. The molecule has 0 atom stereocenters. The first-order valence-corrected chi connectivity index (χ1v) is 6.58. The molecule has 1 radical (unpaired) electrons. The van der Waals surface area contributed by atoms with E-state index in [4.69, 9.17) is 5.73 Å². The van der Waals surface area contributed by atoms with Crippen molar-refractivity contribution in [2.75, 3.05) is 38.5 Å². The highest BCUT2D eigenvalue weighted by Gasteiger charge is 2.23. The molecule has 1 aliphatic rings. The first-order valence-electron chi connectivity index (χ1n) is 6.58. The summed E-state index contributed by atoms with van der Waals surface area (Å²) in [7, 11) is 0. The van der Waals surface area contributed by atoms with Crippen LogP contribution in [0.1, 0.15) is 24.3 Å². The molecule has 2 heterocycles. The van der Waals surface area contributed by atoms with Gasteiger partial charge in [-0.1, -0.05) is 13.8 Å². The van der Waals surface area contributed by atoms with Crippen molar-refractivity contribution in [3.63, 3.8) is 0 Å². The molecule has 1 aromatic heterocycles. The monoisotopic (exact) mass is 261 g/mol. The lowest BCUT2D eigenvalue weighted by Crippen LogP contribution is -2.49. The van der Waals surface area contributed by atoms with Gasteiger partial charge in [-0.15, -0.1) is 0 Å². The second-order valence-corrected chi connectivity index (χ2v) is 5.25. The maximum atomic E-state index is 12.3. The average Bonchev–Trinajstić information content (AvgIpc) is 2.38. The van der Waals surface area contributed by atoms with Crippen LogP contribution in [0.5, 0.6) is 0 Å². The molecular weight excluding hydrogens is 240 g/mol. The fourth-order valence-electron chi connectivity index (χ4n) is 2.28. The molecule has 1 fully saturated rings. The van der Waals surface area contributed by atoms with E-state index >= 15 is 0 Å². The molecule has 5 nitrogen and oxygen atoms in total.